The third kappa shape index (κ3) is 0.872. The Morgan fingerprint density at radius 2 is 2.33 bits per heavy atom. The molecule has 0 bridgehead atoms. The van der Waals surface area contributed by atoms with Crippen molar-refractivity contribution in [1.82, 2.24) is 15.0 Å². The van der Waals surface area contributed by atoms with Crippen LogP contribution in [0, 0.1) is 6.92 Å². The number of hydrogen-bond acceptors (Lipinski definition) is 3. The number of nitrogens with zero attached hydrogens (tertiary/aromatic N) is 3. The van der Waals surface area contributed by atoms with Crippen LogP contribution in [0.1, 0.15) is 12.6 Å². The summed E-state index contributed by atoms with van der Waals surface area (Å²) in [5.41, 5.74) is 0.720. The first-order valence-corrected chi connectivity index (χ1v) is 2.84. The summed E-state index contributed by atoms with van der Waals surface area (Å²) in [4.78, 5) is 0. The minimum Gasteiger partial charge on any atom is -0.491 e. The Bertz CT molecular complexity index is 206. The molecule has 0 aliphatic rings. The largest absolute Gasteiger partial charge is 0.491 e. The van der Waals surface area contributed by atoms with Crippen molar-refractivity contribution in [2.75, 3.05) is 0 Å². The van der Waals surface area contributed by atoms with Crippen LogP contribution in [0.3, 0.4) is 0 Å². The maximum Gasteiger partial charge on any atom is 0.253 e. The number of aromatic nitrogens is 3. The van der Waals surface area contributed by atoms with Crippen molar-refractivity contribution in [2.24, 2.45) is 0 Å². The van der Waals surface area contributed by atoms with Crippen molar-refractivity contribution in [3.05, 3.63) is 5.69 Å². The molecule has 0 aliphatic heterocycles. The van der Waals surface area contributed by atoms with E-state index in [0.717, 1.165) is 12.2 Å². The maximum atomic E-state index is 8.88. The monoisotopic (exact) mass is 127 g/mol. The van der Waals surface area contributed by atoms with E-state index in [1.807, 2.05) is 6.92 Å². The molecule has 1 aromatic heterocycles. The van der Waals surface area contributed by atoms with Gasteiger partial charge in [-0.1, -0.05) is 10.3 Å². The smallest absolute Gasteiger partial charge is 0.253 e. The molecule has 0 spiro atoms. The van der Waals surface area contributed by atoms with Crippen LogP contribution in [0.5, 0.6) is 5.88 Å². The van der Waals surface area contributed by atoms with E-state index in [2.05, 4.69) is 10.3 Å². The van der Waals surface area contributed by atoms with Crippen LogP contribution in [-0.4, -0.2) is 20.1 Å². The normalized spacial score (nSPS) is 10.0. The van der Waals surface area contributed by atoms with Crippen LogP contribution >= 0.6 is 0 Å². The van der Waals surface area contributed by atoms with Gasteiger partial charge in [0.1, 0.15) is 0 Å². The topological polar surface area (TPSA) is 50.9 Å². The fourth-order valence-electron chi connectivity index (χ4n) is 0.652. The molecule has 0 saturated carbocycles. The average molecular weight is 127 g/mol. The van der Waals surface area contributed by atoms with Crippen molar-refractivity contribution in [3.63, 3.8) is 0 Å². The number of rotatable bonds is 1. The van der Waals surface area contributed by atoms with Gasteiger partial charge in [0.15, 0.2) is 0 Å². The summed E-state index contributed by atoms with van der Waals surface area (Å²) in [6.07, 6.45) is 0. The molecule has 1 N–H and O–H groups in total. The molecule has 0 radical (unpaired) electrons. The second-order valence-corrected chi connectivity index (χ2v) is 1.81. The van der Waals surface area contributed by atoms with E-state index in [1.54, 1.807) is 11.6 Å². The standard InChI is InChI=1S/C5H9N3O/c1-3-8-4(2)5(9)6-7-8/h9H,3H2,1-2H3. The van der Waals surface area contributed by atoms with Crippen molar-refractivity contribution in [1.29, 1.82) is 0 Å². The van der Waals surface area contributed by atoms with E-state index < -0.39 is 0 Å². The van der Waals surface area contributed by atoms with E-state index in [0.29, 0.717) is 0 Å². The highest BCUT2D eigenvalue weighted by Crippen LogP contribution is 2.08. The van der Waals surface area contributed by atoms with Crippen LogP contribution in [0.25, 0.3) is 0 Å². The first-order chi connectivity index (χ1) is 4.25. The molecule has 0 aromatic carbocycles. The van der Waals surface area contributed by atoms with Gasteiger partial charge >= 0.3 is 0 Å². The van der Waals surface area contributed by atoms with Crippen molar-refractivity contribution in [2.45, 2.75) is 20.4 Å². The highest BCUT2D eigenvalue weighted by molar-refractivity contribution is 5.11. The van der Waals surface area contributed by atoms with Gasteiger partial charge < -0.3 is 5.11 Å². The predicted molar refractivity (Wildman–Crippen MR) is 32.1 cm³/mol. The molecule has 50 valence electrons. The highest BCUT2D eigenvalue weighted by Gasteiger charge is 2.02. The van der Waals surface area contributed by atoms with Gasteiger partial charge in [-0.15, -0.1) is 0 Å². The molecule has 0 fully saturated rings. The van der Waals surface area contributed by atoms with Crippen LogP contribution < -0.4 is 0 Å². The van der Waals surface area contributed by atoms with Crippen LogP contribution in [0.4, 0.5) is 0 Å². The van der Waals surface area contributed by atoms with Gasteiger partial charge in [-0.2, -0.15) is 0 Å². The van der Waals surface area contributed by atoms with Gasteiger partial charge in [0.05, 0.1) is 5.69 Å². The Labute approximate surface area is 53.1 Å². The summed E-state index contributed by atoms with van der Waals surface area (Å²) in [5, 5.41) is 16.0. The molecule has 4 nitrogen and oxygen atoms in total. The Morgan fingerprint density at radius 1 is 1.67 bits per heavy atom. The van der Waals surface area contributed by atoms with Gasteiger partial charge in [-0.05, 0) is 13.8 Å². The number of aryl methyl sites for hydroxylation is 1. The zero-order chi connectivity index (χ0) is 6.85. The molecular weight excluding hydrogens is 118 g/mol. The summed E-state index contributed by atoms with van der Waals surface area (Å²) in [6, 6.07) is 0. The van der Waals surface area contributed by atoms with Gasteiger partial charge in [0.25, 0.3) is 5.88 Å². The molecule has 0 unspecified atom stereocenters. The Kier molecular flexibility index (Phi) is 1.38. The van der Waals surface area contributed by atoms with E-state index in [4.69, 9.17) is 5.11 Å². The molecule has 0 atom stereocenters. The Morgan fingerprint density at radius 3 is 2.56 bits per heavy atom. The molecular formula is C5H9N3O. The van der Waals surface area contributed by atoms with E-state index >= 15 is 0 Å². The summed E-state index contributed by atoms with van der Waals surface area (Å²) in [6.45, 7) is 4.47. The summed E-state index contributed by atoms with van der Waals surface area (Å²) in [7, 11) is 0. The van der Waals surface area contributed by atoms with E-state index in [-0.39, 0.29) is 5.88 Å². The summed E-state index contributed by atoms with van der Waals surface area (Å²) >= 11 is 0. The lowest BCUT2D eigenvalue weighted by Gasteiger charge is -1.93. The fourth-order valence-corrected chi connectivity index (χ4v) is 0.652. The van der Waals surface area contributed by atoms with Crippen LogP contribution in [0.2, 0.25) is 0 Å². The lowest BCUT2D eigenvalue weighted by atomic mass is 10.5. The van der Waals surface area contributed by atoms with Gasteiger partial charge in [-0.25, -0.2) is 4.68 Å². The number of hydrogen-bond donors (Lipinski definition) is 1. The molecule has 0 amide bonds. The van der Waals surface area contributed by atoms with Gasteiger partial charge in [0, 0.05) is 6.54 Å². The Hall–Kier alpha value is -1.06. The molecule has 1 heterocycles. The lowest BCUT2D eigenvalue weighted by molar-refractivity contribution is 0.448. The second kappa shape index (κ2) is 2.05. The van der Waals surface area contributed by atoms with Crippen molar-refractivity contribution < 1.29 is 5.11 Å². The third-order valence-electron chi connectivity index (χ3n) is 1.26. The van der Waals surface area contributed by atoms with Gasteiger partial charge in [0.2, 0.25) is 0 Å². The third-order valence-corrected chi connectivity index (χ3v) is 1.26. The molecule has 1 rings (SSSR count). The van der Waals surface area contributed by atoms with Crippen molar-refractivity contribution in [3.8, 4) is 5.88 Å². The molecule has 4 heteroatoms. The van der Waals surface area contributed by atoms with Crippen LogP contribution in [0.15, 0.2) is 0 Å². The average Bonchev–Trinajstić information content (AvgIpc) is 2.15. The summed E-state index contributed by atoms with van der Waals surface area (Å²) in [5.74, 6) is 0.0249. The minimum atomic E-state index is 0.0249. The predicted octanol–water partition coefficient (Wildman–Crippen LogP) is 0.312. The Balaban J connectivity index is 3.04. The minimum absolute atomic E-state index is 0.0249. The molecule has 0 aliphatic carbocycles. The first-order valence-electron chi connectivity index (χ1n) is 2.84. The van der Waals surface area contributed by atoms with Gasteiger partial charge in [-0.3, -0.25) is 0 Å². The maximum absolute atomic E-state index is 8.88. The number of aromatic hydroxyl groups is 1. The molecule has 9 heavy (non-hydrogen) atoms. The quantitative estimate of drug-likeness (QED) is 0.590. The lowest BCUT2D eigenvalue weighted by Crippen LogP contribution is -1.98. The van der Waals surface area contributed by atoms with E-state index in [1.165, 1.54) is 0 Å². The first kappa shape index (κ1) is 6.07. The SMILES string of the molecule is CCn1nnc(O)c1C. The highest BCUT2D eigenvalue weighted by atomic mass is 16.3. The fraction of sp³-hybridized carbons (Fsp3) is 0.600. The van der Waals surface area contributed by atoms with Crippen LogP contribution in [-0.2, 0) is 6.54 Å². The summed E-state index contributed by atoms with van der Waals surface area (Å²) < 4.78 is 1.63. The second-order valence-electron chi connectivity index (χ2n) is 1.81. The van der Waals surface area contributed by atoms with Crippen molar-refractivity contribution >= 4 is 0 Å². The molecule has 0 saturated heterocycles. The molecule has 1 aromatic rings. The zero-order valence-electron chi connectivity index (χ0n) is 5.50. The van der Waals surface area contributed by atoms with E-state index in [9.17, 15) is 0 Å². The zero-order valence-corrected chi connectivity index (χ0v) is 5.50.